The van der Waals surface area contributed by atoms with Gasteiger partial charge in [0.05, 0.1) is 12.4 Å². The molecule has 0 saturated heterocycles. The lowest BCUT2D eigenvalue weighted by Gasteiger charge is -2.37. The summed E-state index contributed by atoms with van der Waals surface area (Å²) in [6, 6.07) is 0. The van der Waals surface area contributed by atoms with Gasteiger partial charge in [0, 0.05) is 17.6 Å². The van der Waals surface area contributed by atoms with E-state index in [0.717, 1.165) is 18.4 Å². The lowest BCUT2D eigenvalue weighted by molar-refractivity contribution is -0.152. The molecule has 1 aliphatic carbocycles. The zero-order chi connectivity index (χ0) is 19.8. The predicted octanol–water partition coefficient (Wildman–Crippen LogP) is 2.62. The zero-order valence-electron chi connectivity index (χ0n) is 15.9. The van der Waals surface area contributed by atoms with Gasteiger partial charge in [0.2, 0.25) is 0 Å². The van der Waals surface area contributed by atoms with Crippen molar-refractivity contribution in [3.05, 3.63) is 46.5 Å². The highest BCUT2D eigenvalue weighted by atomic mass is 16.6. The summed E-state index contributed by atoms with van der Waals surface area (Å²) in [4.78, 5) is 25.1. The van der Waals surface area contributed by atoms with Gasteiger partial charge < -0.3 is 19.7 Å². The fraction of sp³-hybridized carbons (Fsp3) is 0.524. The number of allylic oxidation sites excluding steroid dienone is 2. The quantitative estimate of drug-likeness (QED) is 0.404. The first-order valence-electron chi connectivity index (χ1n) is 9.38. The molecule has 146 valence electrons. The van der Waals surface area contributed by atoms with Crippen molar-refractivity contribution in [2.24, 2.45) is 0 Å². The Labute approximate surface area is 158 Å². The van der Waals surface area contributed by atoms with E-state index in [9.17, 15) is 19.8 Å². The first kappa shape index (κ1) is 19.6. The van der Waals surface area contributed by atoms with E-state index in [-0.39, 0.29) is 23.9 Å². The largest absolute Gasteiger partial charge is 0.469 e. The number of ketones is 1. The lowest BCUT2D eigenvalue weighted by atomic mass is 9.75. The number of hydrogen-bond acceptors (Lipinski definition) is 6. The molecule has 0 bridgehead atoms. The minimum atomic E-state index is -1.29. The molecule has 3 rings (SSSR count). The molecular weight excluding hydrogens is 348 g/mol. The van der Waals surface area contributed by atoms with Gasteiger partial charge in [-0.2, -0.15) is 0 Å². The Hall–Kier alpha value is -2.18. The van der Waals surface area contributed by atoms with Crippen LogP contribution in [0.3, 0.4) is 0 Å². The molecule has 27 heavy (non-hydrogen) atoms. The Morgan fingerprint density at radius 2 is 2.04 bits per heavy atom. The molecule has 0 fully saturated rings. The van der Waals surface area contributed by atoms with Gasteiger partial charge in [0.1, 0.15) is 17.4 Å². The Balaban J connectivity index is 1.83. The Morgan fingerprint density at radius 3 is 2.74 bits per heavy atom. The van der Waals surface area contributed by atoms with Crippen LogP contribution in [0.1, 0.15) is 52.9 Å². The number of aliphatic hydroxyl groups excluding tert-OH is 2. The third-order valence-electron chi connectivity index (χ3n) is 5.30. The second-order valence-corrected chi connectivity index (χ2v) is 7.61. The van der Waals surface area contributed by atoms with E-state index >= 15 is 0 Å². The highest BCUT2D eigenvalue weighted by Crippen LogP contribution is 2.46. The highest BCUT2D eigenvalue weighted by Gasteiger charge is 2.53. The van der Waals surface area contributed by atoms with Gasteiger partial charge in [-0.1, -0.05) is 12.8 Å². The highest BCUT2D eigenvalue weighted by molar-refractivity contribution is 6.20. The number of hydrogen-bond donors (Lipinski definition) is 2. The van der Waals surface area contributed by atoms with Crippen molar-refractivity contribution < 1.29 is 29.3 Å². The van der Waals surface area contributed by atoms with E-state index in [1.54, 1.807) is 32.9 Å². The summed E-state index contributed by atoms with van der Waals surface area (Å²) in [5.74, 6) is -0.282. The number of unbranched alkanes of at least 4 members (excludes halogenated alkanes) is 2. The summed E-state index contributed by atoms with van der Waals surface area (Å²) in [5, 5.41) is 20.1. The van der Waals surface area contributed by atoms with E-state index in [1.165, 1.54) is 6.26 Å². The number of ether oxygens (including phenoxy) is 2. The number of carbonyl (C=O) groups is 2. The molecule has 0 amide bonds. The van der Waals surface area contributed by atoms with Crippen LogP contribution in [0.2, 0.25) is 0 Å². The molecule has 0 saturated carbocycles. The Morgan fingerprint density at radius 1 is 1.30 bits per heavy atom. The molecule has 0 radical (unpaired) electrons. The molecule has 2 heterocycles. The van der Waals surface area contributed by atoms with E-state index < -0.39 is 17.7 Å². The van der Waals surface area contributed by atoms with Gasteiger partial charge in [-0.15, -0.1) is 0 Å². The SMILES string of the molecule is CC1=CC2=CC3=C(C(=O)CCCCC[C@@H](C)O)C(=O)O[C@]3(C)[C@H](O)C2=CO1. The number of rotatable bonds is 7. The molecule has 0 unspecified atom stereocenters. The number of fused-ring (bicyclic) bond motifs is 2. The summed E-state index contributed by atoms with van der Waals surface area (Å²) in [6.45, 7) is 5.15. The Kier molecular flexibility index (Phi) is 5.40. The maximum atomic E-state index is 12.7. The van der Waals surface area contributed by atoms with Crippen molar-refractivity contribution in [3.63, 3.8) is 0 Å². The number of aliphatic hydroxyl groups is 2. The first-order chi connectivity index (χ1) is 12.7. The fourth-order valence-corrected chi connectivity index (χ4v) is 3.73. The second kappa shape index (κ2) is 7.44. The molecular formula is C21H26O6. The van der Waals surface area contributed by atoms with Crippen LogP contribution in [0.4, 0.5) is 0 Å². The summed E-state index contributed by atoms with van der Waals surface area (Å²) in [7, 11) is 0. The summed E-state index contributed by atoms with van der Waals surface area (Å²) in [6.07, 6.45) is 6.76. The van der Waals surface area contributed by atoms with E-state index in [4.69, 9.17) is 9.47 Å². The average Bonchev–Trinajstić information content (AvgIpc) is 2.85. The summed E-state index contributed by atoms with van der Waals surface area (Å²) in [5.41, 5.74) is 0.445. The minimum absolute atomic E-state index is 0.0381. The minimum Gasteiger partial charge on any atom is -0.469 e. The maximum absolute atomic E-state index is 12.7. The van der Waals surface area contributed by atoms with Gasteiger partial charge >= 0.3 is 5.97 Å². The van der Waals surface area contributed by atoms with Gasteiger partial charge in [0.25, 0.3) is 0 Å². The lowest BCUT2D eigenvalue weighted by Crippen LogP contribution is -2.45. The molecule has 6 heteroatoms. The normalized spacial score (nSPS) is 27.7. The number of Topliss-reactive ketones (excluding diaryl/α,β-unsaturated/α-hetero) is 1. The molecule has 0 spiro atoms. The Bertz CT molecular complexity index is 782. The fourth-order valence-electron chi connectivity index (χ4n) is 3.73. The van der Waals surface area contributed by atoms with Crippen molar-refractivity contribution in [2.45, 2.75) is 70.7 Å². The smallest absolute Gasteiger partial charge is 0.343 e. The topological polar surface area (TPSA) is 93.1 Å². The molecule has 2 aliphatic heterocycles. The van der Waals surface area contributed by atoms with Crippen LogP contribution in [0.15, 0.2) is 46.5 Å². The van der Waals surface area contributed by atoms with Crippen molar-refractivity contribution in [1.82, 2.24) is 0 Å². The van der Waals surface area contributed by atoms with Crippen LogP contribution in [-0.4, -0.2) is 39.8 Å². The van der Waals surface area contributed by atoms with Crippen molar-refractivity contribution in [3.8, 4) is 0 Å². The third-order valence-corrected chi connectivity index (χ3v) is 5.30. The van der Waals surface area contributed by atoms with E-state index in [1.807, 2.05) is 0 Å². The van der Waals surface area contributed by atoms with E-state index in [0.29, 0.717) is 29.7 Å². The molecule has 0 aromatic rings. The summed E-state index contributed by atoms with van der Waals surface area (Å²) >= 11 is 0. The van der Waals surface area contributed by atoms with Crippen LogP contribution in [-0.2, 0) is 19.1 Å². The number of carbonyl (C=O) groups excluding carboxylic acids is 2. The van der Waals surface area contributed by atoms with Crippen LogP contribution in [0, 0.1) is 0 Å². The maximum Gasteiger partial charge on any atom is 0.343 e. The van der Waals surface area contributed by atoms with Gasteiger partial charge in [-0.05, 0) is 51.3 Å². The van der Waals surface area contributed by atoms with Gasteiger partial charge in [-0.3, -0.25) is 4.79 Å². The van der Waals surface area contributed by atoms with Crippen LogP contribution in [0.25, 0.3) is 0 Å². The average molecular weight is 374 g/mol. The van der Waals surface area contributed by atoms with Crippen molar-refractivity contribution in [1.29, 1.82) is 0 Å². The van der Waals surface area contributed by atoms with Crippen LogP contribution >= 0.6 is 0 Å². The molecule has 6 nitrogen and oxygen atoms in total. The molecule has 0 aromatic carbocycles. The van der Waals surface area contributed by atoms with Crippen molar-refractivity contribution >= 4 is 11.8 Å². The standard InChI is InChI=1S/C21H26O6/c1-12(22)7-5-4-6-8-17(23)18-16-10-14-9-13(2)26-11-15(14)19(24)21(16,3)27-20(18)25/h9-12,19,22,24H,4-8H2,1-3H3/t12-,19-,21+/m1/s1. The molecule has 3 atom stereocenters. The van der Waals surface area contributed by atoms with Crippen molar-refractivity contribution in [2.75, 3.05) is 0 Å². The molecule has 2 N–H and O–H groups in total. The predicted molar refractivity (Wildman–Crippen MR) is 98.3 cm³/mol. The second-order valence-electron chi connectivity index (χ2n) is 7.61. The first-order valence-corrected chi connectivity index (χ1v) is 9.38. The van der Waals surface area contributed by atoms with Gasteiger partial charge in [-0.25, -0.2) is 4.79 Å². The molecule has 3 aliphatic rings. The molecule has 0 aromatic heterocycles. The third kappa shape index (κ3) is 3.64. The van der Waals surface area contributed by atoms with Crippen LogP contribution in [0.5, 0.6) is 0 Å². The van der Waals surface area contributed by atoms with Crippen LogP contribution < -0.4 is 0 Å². The zero-order valence-corrected chi connectivity index (χ0v) is 15.9. The van der Waals surface area contributed by atoms with Gasteiger partial charge in [0.15, 0.2) is 11.4 Å². The monoisotopic (exact) mass is 374 g/mol. The number of esters is 1. The summed E-state index contributed by atoms with van der Waals surface area (Å²) < 4.78 is 10.8. The van der Waals surface area contributed by atoms with E-state index in [2.05, 4.69) is 0 Å².